The number of aromatic nitrogens is 1. The molecule has 5 heteroatoms. The molecule has 23 heavy (non-hydrogen) atoms. The molecule has 0 saturated heterocycles. The lowest BCUT2D eigenvalue weighted by Gasteiger charge is -2.04. The first-order valence-electron chi connectivity index (χ1n) is 7.06. The van der Waals surface area contributed by atoms with Crippen LogP contribution in [0, 0.1) is 0 Å². The van der Waals surface area contributed by atoms with Crippen molar-refractivity contribution in [1.82, 2.24) is 4.98 Å². The van der Waals surface area contributed by atoms with E-state index in [-0.39, 0.29) is 5.75 Å². The van der Waals surface area contributed by atoms with Crippen molar-refractivity contribution < 1.29 is 9.84 Å². The van der Waals surface area contributed by atoms with E-state index in [2.05, 4.69) is 15.5 Å². The summed E-state index contributed by atoms with van der Waals surface area (Å²) in [5.41, 5.74) is 4.63. The molecule has 0 aliphatic carbocycles. The number of ether oxygens (including phenoxy) is 1. The molecule has 0 bridgehead atoms. The Bertz CT molecular complexity index is 770. The van der Waals surface area contributed by atoms with Crippen molar-refractivity contribution in [2.45, 2.75) is 0 Å². The van der Waals surface area contributed by atoms with Gasteiger partial charge in [-0.1, -0.05) is 0 Å². The molecule has 0 amide bonds. The minimum atomic E-state index is 0.226. The molecule has 0 fully saturated rings. The van der Waals surface area contributed by atoms with E-state index in [1.165, 1.54) is 0 Å². The van der Waals surface area contributed by atoms with Crippen LogP contribution in [0.4, 0.5) is 5.69 Å². The summed E-state index contributed by atoms with van der Waals surface area (Å²) in [4.78, 5) is 4.00. The highest BCUT2D eigenvalue weighted by Gasteiger charge is 1.97. The Morgan fingerprint density at radius 2 is 1.74 bits per heavy atom. The average Bonchev–Trinajstić information content (AvgIpc) is 2.59. The van der Waals surface area contributed by atoms with Crippen LogP contribution in [-0.2, 0) is 0 Å². The largest absolute Gasteiger partial charge is 0.508 e. The van der Waals surface area contributed by atoms with Gasteiger partial charge in [-0.05, 0) is 66.2 Å². The first-order chi connectivity index (χ1) is 11.3. The number of benzene rings is 2. The van der Waals surface area contributed by atoms with E-state index in [9.17, 15) is 5.11 Å². The molecule has 3 rings (SSSR count). The van der Waals surface area contributed by atoms with Crippen LogP contribution >= 0.6 is 0 Å². The molecule has 114 valence electrons. The Labute approximate surface area is 133 Å². The Balaban J connectivity index is 1.58. The quantitative estimate of drug-likeness (QED) is 0.424. The summed E-state index contributed by atoms with van der Waals surface area (Å²) in [5, 5.41) is 13.4. The lowest BCUT2D eigenvalue weighted by atomic mass is 10.2. The van der Waals surface area contributed by atoms with Gasteiger partial charge in [0.1, 0.15) is 17.2 Å². The number of rotatable bonds is 5. The number of phenolic OH excluding ortho intramolecular Hbond substituents is 1. The van der Waals surface area contributed by atoms with Gasteiger partial charge < -0.3 is 9.84 Å². The number of pyridine rings is 1. The van der Waals surface area contributed by atoms with Crippen molar-refractivity contribution in [3.63, 3.8) is 0 Å². The van der Waals surface area contributed by atoms with Crippen LogP contribution in [0.2, 0.25) is 0 Å². The first-order valence-corrected chi connectivity index (χ1v) is 7.06. The van der Waals surface area contributed by atoms with E-state index < -0.39 is 0 Å². The second kappa shape index (κ2) is 7.09. The summed E-state index contributed by atoms with van der Waals surface area (Å²) in [6, 6.07) is 17.9. The van der Waals surface area contributed by atoms with Crippen molar-refractivity contribution in [3.05, 3.63) is 78.6 Å². The number of phenols is 1. The van der Waals surface area contributed by atoms with Gasteiger partial charge in [0, 0.05) is 6.20 Å². The summed E-state index contributed by atoms with van der Waals surface area (Å²) in [5.74, 6) is 1.66. The normalized spacial score (nSPS) is 10.6. The van der Waals surface area contributed by atoms with Crippen molar-refractivity contribution in [2.75, 3.05) is 5.43 Å². The van der Waals surface area contributed by atoms with Gasteiger partial charge in [0.15, 0.2) is 0 Å². The molecular formula is C18H15N3O2. The van der Waals surface area contributed by atoms with E-state index in [1.54, 1.807) is 42.9 Å². The summed E-state index contributed by atoms with van der Waals surface area (Å²) in [6.45, 7) is 0. The van der Waals surface area contributed by atoms with Gasteiger partial charge in [-0.15, -0.1) is 0 Å². The van der Waals surface area contributed by atoms with Crippen LogP contribution in [0.5, 0.6) is 17.2 Å². The van der Waals surface area contributed by atoms with E-state index in [1.807, 2.05) is 36.4 Å². The predicted molar refractivity (Wildman–Crippen MR) is 90.1 cm³/mol. The van der Waals surface area contributed by atoms with Crippen LogP contribution in [0.1, 0.15) is 5.56 Å². The molecule has 2 aromatic carbocycles. The number of nitrogens with one attached hydrogen (secondary N) is 1. The molecule has 2 N–H and O–H groups in total. The van der Waals surface area contributed by atoms with Crippen molar-refractivity contribution in [3.8, 4) is 17.2 Å². The number of aromatic hydroxyl groups is 1. The summed E-state index contributed by atoms with van der Waals surface area (Å²) < 4.78 is 5.67. The van der Waals surface area contributed by atoms with E-state index in [0.717, 1.165) is 17.0 Å². The standard InChI is InChI=1S/C18H15N3O2/c22-16-7-5-15(6-8-16)21-20-12-14-3-9-17(10-4-14)23-18-2-1-11-19-13-18/h1-13,21-22H/b20-12+. The molecule has 0 aliphatic rings. The molecule has 3 aromatic rings. The zero-order valence-corrected chi connectivity index (χ0v) is 12.3. The zero-order valence-electron chi connectivity index (χ0n) is 12.3. The highest BCUT2D eigenvalue weighted by molar-refractivity contribution is 5.80. The lowest BCUT2D eigenvalue weighted by molar-refractivity contribution is 0.475. The Morgan fingerprint density at radius 1 is 0.957 bits per heavy atom. The Kier molecular flexibility index (Phi) is 4.49. The Morgan fingerprint density at radius 3 is 2.43 bits per heavy atom. The fourth-order valence-corrected chi connectivity index (χ4v) is 1.88. The maximum atomic E-state index is 9.21. The second-order valence-corrected chi connectivity index (χ2v) is 4.78. The minimum Gasteiger partial charge on any atom is -0.508 e. The molecule has 1 aromatic heterocycles. The number of nitrogens with zero attached hydrogens (tertiary/aromatic N) is 2. The second-order valence-electron chi connectivity index (χ2n) is 4.78. The number of hydrogen-bond acceptors (Lipinski definition) is 5. The predicted octanol–water partition coefficient (Wildman–Crippen LogP) is 4.03. The molecule has 0 aliphatic heterocycles. The lowest BCUT2D eigenvalue weighted by Crippen LogP contribution is -1.90. The number of anilines is 1. The van der Waals surface area contributed by atoms with Crippen LogP contribution in [-0.4, -0.2) is 16.3 Å². The number of hydrazone groups is 1. The summed E-state index contributed by atoms with van der Waals surface area (Å²) in [7, 11) is 0. The van der Waals surface area contributed by atoms with Crippen LogP contribution < -0.4 is 10.2 Å². The Hall–Kier alpha value is -3.34. The summed E-state index contributed by atoms with van der Waals surface area (Å²) >= 11 is 0. The van der Waals surface area contributed by atoms with Crippen LogP contribution in [0.25, 0.3) is 0 Å². The fourth-order valence-electron chi connectivity index (χ4n) is 1.88. The topological polar surface area (TPSA) is 66.7 Å². The summed E-state index contributed by atoms with van der Waals surface area (Å²) in [6.07, 6.45) is 5.07. The molecule has 0 spiro atoms. The third-order valence-electron chi connectivity index (χ3n) is 3.02. The monoisotopic (exact) mass is 305 g/mol. The highest BCUT2D eigenvalue weighted by Crippen LogP contribution is 2.20. The molecule has 1 heterocycles. The van der Waals surface area contributed by atoms with Gasteiger partial charge in [-0.25, -0.2) is 0 Å². The fraction of sp³-hybridized carbons (Fsp3) is 0. The van der Waals surface area contributed by atoms with Gasteiger partial charge in [-0.2, -0.15) is 5.10 Å². The SMILES string of the molecule is Oc1ccc(N/N=C/c2ccc(Oc3cccnc3)cc2)cc1. The maximum Gasteiger partial charge on any atom is 0.145 e. The minimum absolute atomic E-state index is 0.226. The maximum absolute atomic E-state index is 9.21. The molecule has 0 unspecified atom stereocenters. The van der Waals surface area contributed by atoms with Crippen molar-refractivity contribution in [1.29, 1.82) is 0 Å². The third kappa shape index (κ3) is 4.31. The van der Waals surface area contributed by atoms with Gasteiger partial charge in [-0.3, -0.25) is 10.4 Å². The average molecular weight is 305 g/mol. The smallest absolute Gasteiger partial charge is 0.145 e. The molecular weight excluding hydrogens is 290 g/mol. The number of hydrogen-bond donors (Lipinski definition) is 2. The third-order valence-corrected chi connectivity index (χ3v) is 3.02. The molecule has 5 nitrogen and oxygen atoms in total. The van der Waals surface area contributed by atoms with Crippen molar-refractivity contribution in [2.24, 2.45) is 5.10 Å². The van der Waals surface area contributed by atoms with Crippen molar-refractivity contribution >= 4 is 11.9 Å². The van der Waals surface area contributed by atoms with Gasteiger partial charge in [0.05, 0.1) is 18.1 Å². The van der Waals surface area contributed by atoms with E-state index in [0.29, 0.717) is 5.75 Å². The van der Waals surface area contributed by atoms with Gasteiger partial charge in [0.25, 0.3) is 0 Å². The molecule has 0 radical (unpaired) electrons. The van der Waals surface area contributed by atoms with Crippen LogP contribution in [0.15, 0.2) is 78.2 Å². The molecule has 0 atom stereocenters. The van der Waals surface area contributed by atoms with E-state index in [4.69, 9.17) is 4.74 Å². The van der Waals surface area contributed by atoms with Gasteiger partial charge in [0.2, 0.25) is 0 Å². The molecule has 0 saturated carbocycles. The first kappa shape index (κ1) is 14.6. The highest BCUT2D eigenvalue weighted by atomic mass is 16.5. The zero-order chi connectivity index (χ0) is 15.9. The van der Waals surface area contributed by atoms with Gasteiger partial charge >= 0.3 is 0 Å². The van der Waals surface area contributed by atoms with E-state index >= 15 is 0 Å². The van der Waals surface area contributed by atoms with Crippen LogP contribution in [0.3, 0.4) is 0 Å².